The fourth-order valence-electron chi connectivity index (χ4n) is 5.79. The minimum Gasteiger partial charge on any atom is -0.497 e. The minimum atomic E-state index is -0.513. The van der Waals surface area contributed by atoms with Crippen molar-refractivity contribution >= 4 is 10.9 Å². The van der Waals surface area contributed by atoms with Crippen LogP contribution in [0, 0.1) is 0 Å². The molecular formula is C31H34N6O3. The first-order valence-electron chi connectivity index (χ1n) is 14.0. The molecule has 0 aliphatic heterocycles. The summed E-state index contributed by atoms with van der Waals surface area (Å²) in [7, 11) is 1.66. The normalized spacial score (nSPS) is 14.8. The molecule has 0 saturated heterocycles. The Bertz CT molecular complexity index is 1620. The van der Waals surface area contributed by atoms with Gasteiger partial charge in [-0.25, -0.2) is 4.68 Å². The fraction of sp³-hybridized carbons (Fsp3) is 0.355. The monoisotopic (exact) mass is 538 g/mol. The van der Waals surface area contributed by atoms with Crippen LogP contribution in [0.5, 0.6) is 5.75 Å². The van der Waals surface area contributed by atoms with Gasteiger partial charge >= 0.3 is 0 Å². The third-order valence-corrected chi connectivity index (χ3v) is 7.92. The minimum absolute atomic E-state index is 0.151. The molecule has 0 radical (unpaired) electrons. The number of hydrogen-bond acceptors (Lipinski definition) is 7. The van der Waals surface area contributed by atoms with E-state index in [4.69, 9.17) is 9.15 Å². The second kappa shape index (κ2) is 11.5. The number of aromatic nitrogens is 5. The van der Waals surface area contributed by atoms with Crippen molar-refractivity contribution in [2.75, 3.05) is 7.11 Å². The van der Waals surface area contributed by atoms with Crippen molar-refractivity contribution in [3.05, 3.63) is 106 Å². The number of tetrazole rings is 1. The van der Waals surface area contributed by atoms with Crippen molar-refractivity contribution in [3.63, 3.8) is 0 Å². The molecule has 0 unspecified atom stereocenters. The van der Waals surface area contributed by atoms with Gasteiger partial charge in [-0.2, -0.15) is 0 Å². The molecular weight excluding hydrogens is 504 g/mol. The Morgan fingerprint density at radius 1 is 1.07 bits per heavy atom. The van der Waals surface area contributed by atoms with E-state index in [2.05, 4.69) is 44.5 Å². The van der Waals surface area contributed by atoms with E-state index >= 15 is 0 Å². The lowest BCUT2D eigenvalue weighted by Crippen LogP contribution is -2.35. The Morgan fingerprint density at radius 3 is 2.60 bits per heavy atom. The molecule has 0 amide bonds. The quantitative estimate of drug-likeness (QED) is 0.247. The van der Waals surface area contributed by atoms with Gasteiger partial charge in [0.15, 0.2) is 5.82 Å². The van der Waals surface area contributed by atoms with Crippen LogP contribution in [0.2, 0.25) is 0 Å². The highest BCUT2D eigenvalue weighted by Gasteiger charge is 2.34. The topological polar surface area (TPSA) is 102 Å². The number of ether oxygens (including phenoxy) is 1. The van der Waals surface area contributed by atoms with Crippen molar-refractivity contribution in [2.24, 2.45) is 0 Å². The van der Waals surface area contributed by atoms with E-state index in [9.17, 15) is 4.79 Å². The summed E-state index contributed by atoms with van der Waals surface area (Å²) in [6, 6.07) is 19.7. The fourth-order valence-corrected chi connectivity index (χ4v) is 5.79. The number of fused-ring (bicyclic) bond motifs is 1. The van der Waals surface area contributed by atoms with Gasteiger partial charge in [-0.3, -0.25) is 9.69 Å². The van der Waals surface area contributed by atoms with Crippen molar-refractivity contribution in [3.8, 4) is 5.75 Å². The molecule has 40 heavy (non-hydrogen) atoms. The molecule has 1 fully saturated rings. The van der Waals surface area contributed by atoms with Crippen LogP contribution in [0.4, 0.5) is 0 Å². The molecule has 5 aromatic rings. The van der Waals surface area contributed by atoms with E-state index in [1.807, 2.05) is 53.2 Å². The van der Waals surface area contributed by atoms with E-state index in [0.29, 0.717) is 24.5 Å². The largest absolute Gasteiger partial charge is 0.497 e. The lowest BCUT2D eigenvalue weighted by molar-refractivity contribution is 0.176. The highest BCUT2D eigenvalue weighted by molar-refractivity contribution is 5.80. The van der Waals surface area contributed by atoms with Crippen LogP contribution in [0.25, 0.3) is 10.9 Å². The number of rotatable bonds is 10. The van der Waals surface area contributed by atoms with Crippen molar-refractivity contribution in [2.45, 2.75) is 64.2 Å². The first-order chi connectivity index (χ1) is 19.6. The van der Waals surface area contributed by atoms with Crippen molar-refractivity contribution in [1.29, 1.82) is 0 Å². The summed E-state index contributed by atoms with van der Waals surface area (Å²) in [6.07, 6.45) is 6.92. The van der Waals surface area contributed by atoms with Crippen LogP contribution in [0.1, 0.15) is 73.0 Å². The molecule has 3 heterocycles. The molecule has 1 aliphatic carbocycles. The van der Waals surface area contributed by atoms with Crippen LogP contribution < -0.4 is 10.3 Å². The lowest BCUT2D eigenvalue weighted by Gasteiger charge is -2.31. The number of methoxy groups -OCH3 is 1. The van der Waals surface area contributed by atoms with E-state index in [-0.39, 0.29) is 11.6 Å². The summed E-state index contributed by atoms with van der Waals surface area (Å²) in [5.74, 6) is 2.26. The highest BCUT2D eigenvalue weighted by Crippen LogP contribution is 2.35. The number of furan rings is 1. The van der Waals surface area contributed by atoms with Gasteiger partial charge in [0.05, 0.1) is 26.0 Å². The zero-order valence-electron chi connectivity index (χ0n) is 22.9. The molecule has 2 aromatic carbocycles. The predicted molar refractivity (Wildman–Crippen MR) is 152 cm³/mol. The van der Waals surface area contributed by atoms with Gasteiger partial charge in [0.2, 0.25) is 0 Å². The van der Waals surface area contributed by atoms with E-state index in [1.165, 1.54) is 5.56 Å². The summed E-state index contributed by atoms with van der Waals surface area (Å²) in [5.41, 5.74) is 3.55. The number of pyridine rings is 1. The molecule has 1 aliphatic rings. The average Bonchev–Trinajstić information content (AvgIpc) is 3.77. The Balaban J connectivity index is 1.52. The number of hydrogen-bond donors (Lipinski definition) is 1. The molecule has 0 bridgehead atoms. The summed E-state index contributed by atoms with van der Waals surface area (Å²) >= 11 is 0. The van der Waals surface area contributed by atoms with Crippen LogP contribution in [-0.4, -0.2) is 37.2 Å². The second-order valence-electron chi connectivity index (χ2n) is 10.5. The van der Waals surface area contributed by atoms with Gasteiger partial charge in [0.1, 0.15) is 17.6 Å². The summed E-state index contributed by atoms with van der Waals surface area (Å²) in [4.78, 5) is 19.2. The van der Waals surface area contributed by atoms with Crippen LogP contribution in [0.15, 0.2) is 76.1 Å². The Labute approximate surface area is 232 Å². The van der Waals surface area contributed by atoms with Crippen LogP contribution in [0.3, 0.4) is 0 Å². The van der Waals surface area contributed by atoms with Gasteiger partial charge in [-0.05, 0) is 88.7 Å². The van der Waals surface area contributed by atoms with Crippen molar-refractivity contribution < 1.29 is 9.15 Å². The number of nitrogens with zero attached hydrogens (tertiary/aromatic N) is 5. The molecule has 1 saturated carbocycles. The van der Waals surface area contributed by atoms with Gasteiger partial charge in [0, 0.05) is 17.6 Å². The molecule has 206 valence electrons. The first-order valence-corrected chi connectivity index (χ1v) is 14.0. The van der Waals surface area contributed by atoms with Gasteiger partial charge < -0.3 is 14.1 Å². The third kappa shape index (κ3) is 5.29. The summed E-state index contributed by atoms with van der Waals surface area (Å²) in [5, 5.41) is 14.1. The zero-order valence-corrected chi connectivity index (χ0v) is 22.9. The van der Waals surface area contributed by atoms with Crippen LogP contribution >= 0.6 is 0 Å². The highest BCUT2D eigenvalue weighted by atomic mass is 16.5. The summed E-state index contributed by atoms with van der Waals surface area (Å²) in [6.45, 7) is 3.14. The second-order valence-corrected chi connectivity index (χ2v) is 10.5. The molecule has 1 N–H and O–H groups in total. The molecule has 6 rings (SSSR count). The lowest BCUT2D eigenvalue weighted by atomic mass is 10.0. The molecule has 1 atom stereocenters. The maximum atomic E-state index is 13.8. The third-order valence-electron chi connectivity index (χ3n) is 7.92. The average molecular weight is 539 g/mol. The Morgan fingerprint density at radius 2 is 1.88 bits per heavy atom. The number of aryl methyl sites for hydroxylation is 1. The van der Waals surface area contributed by atoms with E-state index in [0.717, 1.165) is 60.1 Å². The molecule has 9 nitrogen and oxygen atoms in total. The maximum Gasteiger partial charge on any atom is 0.253 e. The van der Waals surface area contributed by atoms with Crippen molar-refractivity contribution in [1.82, 2.24) is 30.1 Å². The number of aromatic amines is 1. The SMILES string of the molecule is CCc1ccc2[nH]c(=O)c([C@@H](c3nnnn3C3CCCC3)N(Cc3ccc(OC)cc3)Cc3ccco3)cc2c1. The van der Waals surface area contributed by atoms with Gasteiger partial charge in [0.25, 0.3) is 5.56 Å². The molecule has 0 spiro atoms. The Kier molecular flexibility index (Phi) is 7.46. The first kappa shape index (κ1) is 26.0. The molecule has 9 heteroatoms. The maximum absolute atomic E-state index is 13.8. The zero-order chi connectivity index (χ0) is 27.5. The predicted octanol–water partition coefficient (Wildman–Crippen LogP) is 5.59. The van der Waals surface area contributed by atoms with Crippen LogP contribution in [-0.2, 0) is 19.5 Å². The number of H-pyrrole nitrogens is 1. The smallest absolute Gasteiger partial charge is 0.253 e. The van der Waals surface area contributed by atoms with E-state index in [1.54, 1.807) is 13.4 Å². The Hall–Kier alpha value is -4.24. The number of nitrogens with one attached hydrogen (secondary N) is 1. The number of benzene rings is 2. The van der Waals surface area contributed by atoms with Gasteiger partial charge in [-0.15, -0.1) is 5.10 Å². The van der Waals surface area contributed by atoms with Gasteiger partial charge in [-0.1, -0.05) is 38.0 Å². The molecule has 3 aromatic heterocycles. The van der Waals surface area contributed by atoms with E-state index < -0.39 is 6.04 Å². The standard InChI is InChI=1S/C31H34N6O3/c1-3-21-12-15-28-23(17-21)18-27(31(38)32-28)29(30-33-34-35-37(30)24-7-4-5-8-24)36(20-26-9-6-16-40-26)19-22-10-13-25(39-2)14-11-22/h6,9-18,24,29H,3-5,7-8,19-20H2,1-2H3,(H,32,38)/t29-/m0/s1. The summed E-state index contributed by atoms with van der Waals surface area (Å²) < 4.78 is 13.1.